The maximum atomic E-state index is 11.9. The van der Waals surface area contributed by atoms with Gasteiger partial charge in [0.25, 0.3) is 0 Å². The number of amides is 1. The standard InChI is InChI=1S/C14H23NO4/c1-8-10(4)18-12(16)11(9(2)3)15-13(17)19-14(5,6)7/h1,9-11H,2-7H3,(H,15,17)/t10-,11+/m1/s1. The zero-order valence-corrected chi connectivity index (χ0v) is 12.4. The molecule has 0 aromatic rings. The Labute approximate surface area is 115 Å². The lowest BCUT2D eigenvalue weighted by Crippen LogP contribution is -2.47. The first kappa shape index (κ1) is 17.3. The largest absolute Gasteiger partial charge is 0.448 e. The van der Waals surface area contributed by atoms with Gasteiger partial charge in [-0.05, 0) is 33.6 Å². The van der Waals surface area contributed by atoms with Crippen LogP contribution in [0.25, 0.3) is 0 Å². The van der Waals surface area contributed by atoms with Crippen molar-refractivity contribution in [3.8, 4) is 12.3 Å². The molecule has 19 heavy (non-hydrogen) atoms. The molecule has 1 N–H and O–H groups in total. The van der Waals surface area contributed by atoms with Crippen molar-refractivity contribution in [1.82, 2.24) is 5.32 Å². The molecule has 0 radical (unpaired) electrons. The first-order chi connectivity index (χ1) is 8.56. The van der Waals surface area contributed by atoms with Gasteiger partial charge < -0.3 is 14.8 Å². The number of rotatable bonds is 4. The highest BCUT2D eigenvalue weighted by Gasteiger charge is 2.28. The number of carbonyl (C=O) groups is 2. The topological polar surface area (TPSA) is 64.6 Å². The van der Waals surface area contributed by atoms with Gasteiger partial charge in [0.05, 0.1) is 0 Å². The van der Waals surface area contributed by atoms with E-state index >= 15 is 0 Å². The highest BCUT2D eigenvalue weighted by atomic mass is 16.6. The number of alkyl carbamates (subject to hydrolysis) is 1. The molecule has 0 aromatic carbocycles. The molecule has 0 saturated carbocycles. The summed E-state index contributed by atoms with van der Waals surface area (Å²) in [5, 5.41) is 2.50. The van der Waals surface area contributed by atoms with Crippen LogP contribution in [0.4, 0.5) is 4.79 Å². The molecule has 1 amide bonds. The summed E-state index contributed by atoms with van der Waals surface area (Å²) in [5.74, 6) is 1.60. The first-order valence-electron chi connectivity index (χ1n) is 6.23. The fourth-order valence-electron chi connectivity index (χ4n) is 1.21. The Morgan fingerprint density at radius 3 is 2.11 bits per heavy atom. The average Bonchev–Trinajstić information content (AvgIpc) is 2.22. The summed E-state index contributed by atoms with van der Waals surface area (Å²) in [5.41, 5.74) is -0.623. The Morgan fingerprint density at radius 2 is 1.74 bits per heavy atom. The predicted octanol–water partition coefficient (Wildman–Crippen LogP) is 2.10. The van der Waals surface area contributed by atoms with Crippen LogP contribution in [0.2, 0.25) is 0 Å². The summed E-state index contributed by atoms with van der Waals surface area (Å²) in [6.07, 6.45) is 3.86. The van der Waals surface area contributed by atoms with Gasteiger partial charge in [-0.15, -0.1) is 6.42 Å². The van der Waals surface area contributed by atoms with Gasteiger partial charge in [0.1, 0.15) is 11.6 Å². The molecule has 5 nitrogen and oxygen atoms in total. The number of hydrogen-bond donors (Lipinski definition) is 1. The Hall–Kier alpha value is -1.70. The van der Waals surface area contributed by atoms with Crippen LogP contribution in [-0.2, 0) is 14.3 Å². The van der Waals surface area contributed by atoms with Crippen LogP contribution in [0.1, 0.15) is 41.5 Å². The van der Waals surface area contributed by atoms with E-state index in [4.69, 9.17) is 15.9 Å². The molecule has 0 spiro atoms. The lowest BCUT2D eigenvalue weighted by atomic mass is 10.1. The van der Waals surface area contributed by atoms with Crippen molar-refractivity contribution in [3.05, 3.63) is 0 Å². The van der Waals surface area contributed by atoms with E-state index in [1.54, 1.807) is 41.5 Å². The molecule has 108 valence electrons. The summed E-state index contributed by atoms with van der Waals surface area (Å²) >= 11 is 0. The van der Waals surface area contributed by atoms with Crippen LogP contribution >= 0.6 is 0 Å². The molecule has 0 aliphatic carbocycles. The van der Waals surface area contributed by atoms with E-state index in [9.17, 15) is 9.59 Å². The second-order valence-electron chi connectivity index (χ2n) is 5.61. The van der Waals surface area contributed by atoms with Gasteiger partial charge in [0, 0.05) is 0 Å². The van der Waals surface area contributed by atoms with Gasteiger partial charge in [0.2, 0.25) is 0 Å². The fraction of sp³-hybridized carbons (Fsp3) is 0.714. The minimum absolute atomic E-state index is 0.134. The van der Waals surface area contributed by atoms with E-state index in [0.29, 0.717) is 0 Å². The second kappa shape index (κ2) is 7.03. The van der Waals surface area contributed by atoms with Gasteiger partial charge in [-0.3, -0.25) is 0 Å². The molecule has 0 bridgehead atoms. The summed E-state index contributed by atoms with van der Waals surface area (Å²) in [4.78, 5) is 23.5. The number of nitrogens with one attached hydrogen (secondary N) is 1. The van der Waals surface area contributed by atoms with Crippen LogP contribution in [0.3, 0.4) is 0 Å². The van der Waals surface area contributed by atoms with Gasteiger partial charge >= 0.3 is 12.1 Å². The van der Waals surface area contributed by atoms with Crippen LogP contribution in [0.15, 0.2) is 0 Å². The Morgan fingerprint density at radius 1 is 1.21 bits per heavy atom. The van der Waals surface area contributed by atoms with Crippen LogP contribution < -0.4 is 5.32 Å². The zero-order chi connectivity index (χ0) is 15.2. The molecular formula is C14H23NO4. The predicted molar refractivity (Wildman–Crippen MR) is 72.4 cm³/mol. The van der Waals surface area contributed by atoms with Gasteiger partial charge in [-0.25, -0.2) is 9.59 Å². The number of carbonyl (C=O) groups excluding carboxylic acids is 2. The van der Waals surface area contributed by atoms with Crippen LogP contribution in [0, 0.1) is 18.3 Å². The molecule has 0 aliphatic rings. The molecule has 0 aliphatic heterocycles. The minimum Gasteiger partial charge on any atom is -0.448 e. The maximum absolute atomic E-state index is 11.9. The molecule has 0 fully saturated rings. The Bertz CT molecular complexity index is 363. The van der Waals surface area contributed by atoms with Crippen LogP contribution in [-0.4, -0.2) is 29.8 Å². The van der Waals surface area contributed by atoms with Crippen molar-refractivity contribution >= 4 is 12.1 Å². The second-order valence-corrected chi connectivity index (χ2v) is 5.61. The molecule has 2 atom stereocenters. The van der Waals surface area contributed by atoms with Crippen molar-refractivity contribution in [1.29, 1.82) is 0 Å². The van der Waals surface area contributed by atoms with Crippen molar-refractivity contribution in [3.63, 3.8) is 0 Å². The smallest absolute Gasteiger partial charge is 0.408 e. The fourth-order valence-corrected chi connectivity index (χ4v) is 1.21. The van der Waals surface area contributed by atoms with Gasteiger partial charge in [0.15, 0.2) is 6.10 Å². The molecule has 0 unspecified atom stereocenters. The minimum atomic E-state index is -0.786. The third-order valence-electron chi connectivity index (χ3n) is 2.12. The molecule has 0 saturated heterocycles. The van der Waals surface area contributed by atoms with E-state index in [-0.39, 0.29) is 5.92 Å². The van der Waals surface area contributed by atoms with E-state index < -0.39 is 29.8 Å². The monoisotopic (exact) mass is 269 g/mol. The van der Waals surface area contributed by atoms with E-state index in [0.717, 1.165) is 0 Å². The van der Waals surface area contributed by atoms with Gasteiger partial charge in [-0.1, -0.05) is 19.8 Å². The number of hydrogen-bond acceptors (Lipinski definition) is 4. The average molecular weight is 269 g/mol. The lowest BCUT2D eigenvalue weighted by molar-refractivity contribution is -0.149. The third-order valence-corrected chi connectivity index (χ3v) is 2.12. The van der Waals surface area contributed by atoms with E-state index in [1.165, 1.54) is 0 Å². The van der Waals surface area contributed by atoms with E-state index in [2.05, 4.69) is 11.2 Å². The zero-order valence-electron chi connectivity index (χ0n) is 12.4. The molecule has 0 rings (SSSR count). The number of ether oxygens (including phenoxy) is 2. The SMILES string of the molecule is C#C[C@@H](C)OC(=O)[C@@H](NC(=O)OC(C)(C)C)C(C)C. The molecule has 5 heteroatoms. The van der Waals surface area contributed by atoms with E-state index in [1.807, 2.05) is 0 Å². The highest BCUT2D eigenvalue weighted by molar-refractivity contribution is 5.81. The van der Waals surface area contributed by atoms with Crippen molar-refractivity contribution in [2.24, 2.45) is 5.92 Å². The first-order valence-corrected chi connectivity index (χ1v) is 6.23. The Kier molecular flexibility index (Phi) is 6.40. The van der Waals surface area contributed by atoms with Crippen LogP contribution in [0.5, 0.6) is 0 Å². The Balaban J connectivity index is 4.63. The lowest BCUT2D eigenvalue weighted by Gasteiger charge is -2.25. The van der Waals surface area contributed by atoms with Crippen molar-refractivity contribution < 1.29 is 19.1 Å². The maximum Gasteiger partial charge on any atom is 0.408 e. The summed E-state index contributed by atoms with van der Waals surface area (Å²) in [6, 6.07) is -0.786. The summed E-state index contributed by atoms with van der Waals surface area (Å²) in [7, 11) is 0. The molecule has 0 aromatic heterocycles. The summed E-state index contributed by atoms with van der Waals surface area (Å²) in [6.45, 7) is 10.4. The number of esters is 1. The summed E-state index contributed by atoms with van der Waals surface area (Å²) < 4.78 is 10.1. The third kappa shape index (κ3) is 7.35. The van der Waals surface area contributed by atoms with Gasteiger partial charge in [-0.2, -0.15) is 0 Å². The normalized spacial score (nSPS) is 14.2. The molecular weight excluding hydrogens is 246 g/mol. The molecule has 0 heterocycles. The number of terminal acetylenes is 1. The van der Waals surface area contributed by atoms with Crippen molar-refractivity contribution in [2.75, 3.05) is 0 Å². The highest BCUT2D eigenvalue weighted by Crippen LogP contribution is 2.10. The quantitative estimate of drug-likeness (QED) is 0.627. The van der Waals surface area contributed by atoms with Crippen molar-refractivity contribution in [2.45, 2.75) is 59.3 Å².